The van der Waals surface area contributed by atoms with Crippen LogP contribution in [0.5, 0.6) is 5.75 Å². The third-order valence-electron chi connectivity index (χ3n) is 2.58. The second-order valence-electron chi connectivity index (χ2n) is 4.44. The number of halogens is 1. The van der Waals surface area contributed by atoms with Gasteiger partial charge in [0.05, 0.1) is 6.61 Å². The van der Waals surface area contributed by atoms with Crippen LogP contribution in [-0.4, -0.2) is 11.9 Å². The van der Waals surface area contributed by atoms with E-state index in [1.54, 1.807) is 0 Å². The van der Waals surface area contributed by atoms with Gasteiger partial charge in [0, 0.05) is 5.33 Å². The Morgan fingerprint density at radius 3 is 2.62 bits per heavy atom. The highest BCUT2D eigenvalue weighted by Gasteiger charge is 2.07. The van der Waals surface area contributed by atoms with Crippen molar-refractivity contribution in [3.8, 4) is 5.75 Å². The fraction of sp³-hybridized carbons (Fsp3) is 0.571. The first kappa shape index (κ1) is 13.6. The lowest BCUT2D eigenvalue weighted by Crippen LogP contribution is -2.02. The molecule has 1 rings (SSSR count). The van der Waals surface area contributed by atoms with E-state index in [4.69, 9.17) is 4.74 Å². The Bertz CT molecular complexity index is 321. The zero-order chi connectivity index (χ0) is 12.0. The lowest BCUT2D eigenvalue weighted by Gasteiger charge is -2.14. The number of hydrogen-bond donors (Lipinski definition) is 0. The SMILES string of the molecule is Cc1ccc(C(C)C)c(OCCCCBr)c1. The summed E-state index contributed by atoms with van der Waals surface area (Å²) >= 11 is 3.43. The van der Waals surface area contributed by atoms with Crippen LogP contribution in [0.4, 0.5) is 0 Å². The average molecular weight is 285 g/mol. The van der Waals surface area contributed by atoms with Crippen LogP contribution in [0.25, 0.3) is 0 Å². The maximum Gasteiger partial charge on any atom is 0.122 e. The van der Waals surface area contributed by atoms with Gasteiger partial charge in [0.15, 0.2) is 0 Å². The van der Waals surface area contributed by atoms with E-state index >= 15 is 0 Å². The highest BCUT2D eigenvalue weighted by atomic mass is 79.9. The molecule has 0 spiro atoms. The van der Waals surface area contributed by atoms with E-state index in [0.717, 1.165) is 24.1 Å². The fourth-order valence-electron chi connectivity index (χ4n) is 1.62. The average Bonchev–Trinajstić information content (AvgIpc) is 2.24. The monoisotopic (exact) mass is 284 g/mol. The normalized spacial score (nSPS) is 10.8. The second-order valence-corrected chi connectivity index (χ2v) is 5.23. The van der Waals surface area contributed by atoms with Crippen LogP contribution < -0.4 is 4.74 Å². The summed E-state index contributed by atoms with van der Waals surface area (Å²) in [7, 11) is 0. The van der Waals surface area contributed by atoms with Crippen molar-refractivity contribution < 1.29 is 4.74 Å². The van der Waals surface area contributed by atoms with Gasteiger partial charge in [-0.2, -0.15) is 0 Å². The van der Waals surface area contributed by atoms with Gasteiger partial charge in [0.25, 0.3) is 0 Å². The Morgan fingerprint density at radius 2 is 2.00 bits per heavy atom. The number of aryl methyl sites for hydroxylation is 1. The Kier molecular flexibility index (Phi) is 5.89. The van der Waals surface area contributed by atoms with Crippen molar-refractivity contribution in [2.45, 2.75) is 39.5 Å². The minimum Gasteiger partial charge on any atom is -0.493 e. The molecule has 2 heteroatoms. The number of ether oxygens (including phenoxy) is 1. The van der Waals surface area contributed by atoms with Gasteiger partial charge in [0.1, 0.15) is 5.75 Å². The van der Waals surface area contributed by atoms with Gasteiger partial charge in [0.2, 0.25) is 0 Å². The van der Waals surface area contributed by atoms with Gasteiger partial charge < -0.3 is 4.74 Å². The molecule has 1 nitrogen and oxygen atoms in total. The van der Waals surface area contributed by atoms with Gasteiger partial charge >= 0.3 is 0 Å². The van der Waals surface area contributed by atoms with Crippen LogP contribution in [0.1, 0.15) is 43.7 Å². The summed E-state index contributed by atoms with van der Waals surface area (Å²) < 4.78 is 5.86. The van der Waals surface area contributed by atoms with E-state index in [-0.39, 0.29) is 0 Å². The lowest BCUT2D eigenvalue weighted by atomic mass is 10.0. The van der Waals surface area contributed by atoms with E-state index in [1.165, 1.54) is 17.5 Å². The van der Waals surface area contributed by atoms with E-state index in [0.29, 0.717) is 5.92 Å². The summed E-state index contributed by atoms with van der Waals surface area (Å²) in [5.41, 5.74) is 2.57. The van der Waals surface area contributed by atoms with E-state index in [1.807, 2.05) is 0 Å². The summed E-state index contributed by atoms with van der Waals surface area (Å²) in [5, 5.41) is 1.06. The van der Waals surface area contributed by atoms with Crippen LogP contribution >= 0.6 is 15.9 Å². The molecule has 0 saturated carbocycles. The Morgan fingerprint density at radius 1 is 1.25 bits per heavy atom. The fourth-order valence-corrected chi connectivity index (χ4v) is 2.02. The summed E-state index contributed by atoms with van der Waals surface area (Å²) in [5.74, 6) is 1.58. The Labute approximate surface area is 107 Å². The molecule has 0 bridgehead atoms. The molecule has 0 amide bonds. The molecular weight excluding hydrogens is 264 g/mol. The molecule has 0 aromatic heterocycles. The predicted octanol–water partition coefficient (Wildman–Crippen LogP) is 4.67. The highest BCUT2D eigenvalue weighted by Crippen LogP contribution is 2.27. The van der Waals surface area contributed by atoms with Crippen molar-refractivity contribution in [3.63, 3.8) is 0 Å². The van der Waals surface area contributed by atoms with Crippen LogP contribution in [0, 0.1) is 6.92 Å². The third-order valence-corrected chi connectivity index (χ3v) is 3.14. The maximum absolute atomic E-state index is 5.86. The number of benzene rings is 1. The number of alkyl halides is 1. The molecule has 0 N–H and O–H groups in total. The molecule has 0 heterocycles. The molecule has 90 valence electrons. The Hall–Kier alpha value is -0.500. The molecule has 1 aromatic rings. The zero-order valence-corrected chi connectivity index (χ0v) is 12.0. The van der Waals surface area contributed by atoms with Crippen LogP contribution in [0.15, 0.2) is 18.2 Å². The van der Waals surface area contributed by atoms with Crippen LogP contribution in [0.3, 0.4) is 0 Å². The van der Waals surface area contributed by atoms with Crippen molar-refractivity contribution in [1.82, 2.24) is 0 Å². The van der Waals surface area contributed by atoms with E-state index in [2.05, 4.69) is 54.9 Å². The minimum absolute atomic E-state index is 0.520. The molecular formula is C14H21BrO. The van der Waals surface area contributed by atoms with E-state index < -0.39 is 0 Å². The van der Waals surface area contributed by atoms with Gasteiger partial charge in [-0.1, -0.05) is 41.9 Å². The summed E-state index contributed by atoms with van der Waals surface area (Å²) in [6, 6.07) is 6.48. The van der Waals surface area contributed by atoms with Crippen molar-refractivity contribution in [3.05, 3.63) is 29.3 Å². The number of unbranched alkanes of at least 4 members (excludes halogenated alkanes) is 1. The van der Waals surface area contributed by atoms with Gasteiger partial charge in [-0.15, -0.1) is 0 Å². The third kappa shape index (κ3) is 4.17. The molecule has 0 fully saturated rings. The molecule has 0 aliphatic rings. The summed E-state index contributed by atoms with van der Waals surface area (Å²) in [6.45, 7) is 7.33. The standard InChI is InChI=1S/C14H21BrO/c1-11(2)13-7-6-12(3)10-14(13)16-9-5-4-8-15/h6-7,10-11H,4-5,8-9H2,1-3H3. The van der Waals surface area contributed by atoms with Crippen molar-refractivity contribution in [2.75, 3.05) is 11.9 Å². The lowest BCUT2D eigenvalue weighted by molar-refractivity contribution is 0.305. The smallest absolute Gasteiger partial charge is 0.122 e. The van der Waals surface area contributed by atoms with Gasteiger partial charge in [-0.05, 0) is 42.9 Å². The van der Waals surface area contributed by atoms with Crippen LogP contribution in [0.2, 0.25) is 0 Å². The van der Waals surface area contributed by atoms with Crippen molar-refractivity contribution in [2.24, 2.45) is 0 Å². The molecule has 0 atom stereocenters. The quantitative estimate of drug-likeness (QED) is 0.545. The van der Waals surface area contributed by atoms with Crippen molar-refractivity contribution in [1.29, 1.82) is 0 Å². The summed E-state index contributed by atoms with van der Waals surface area (Å²) in [6.07, 6.45) is 2.28. The van der Waals surface area contributed by atoms with Crippen LogP contribution in [-0.2, 0) is 0 Å². The number of rotatable bonds is 6. The van der Waals surface area contributed by atoms with Gasteiger partial charge in [-0.3, -0.25) is 0 Å². The molecule has 0 unspecified atom stereocenters. The summed E-state index contributed by atoms with van der Waals surface area (Å²) in [4.78, 5) is 0. The minimum atomic E-state index is 0.520. The number of hydrogen-bond acceptors (Lipinski definition) is 1. The molecule has 1 aromatic carbocycles. The van der Waals surface area contributed by atoms with E-state index in [9.17, 15) is 0 Å². The van der Waals surface area contributed by atoms with Gasteiger partial charge in [-0.25, -0.2) is 0 Å². The largest absolute Gasteiger partial charge is 0.493 e. The molecule has 0 saturated heterocycles. The first-order valence-electron chi connectivity index (χ1n) is 5.94. The molecule has 0 aliphatic heterocycles. The second kappa shape index (κ2) is 6.95. The molecule has 0 aliphatic carbocycles. The maximum atomic E-state index is 5.86. The highest BCUT2D eigenvalue weighted by molar-refractivity contribution is 9.09. The first-order valence-corrected chi connectivity index (χ1v) is 7.06. The van der Waals surface area contributed by atoms with Crippen molar-refractivity contribution >= 4 is 15.9 Å². The Balaban J connectivity index is 2.65. The topological polar surface area (TPSA) is 9.23 Å². The molecule has 0 radical (unpaired) electrons. The molecule has 16 heavy (non-hydrogen) atoms. The predicted molar refractivity (Wildman–Crippen MR) is 73.8 cm³/mol. The first-order chi connectivity index (χ1) is 7.65. The zero-order valence-electron chi connectivity index (χ0n) is 10.4.